The Hall–Kier alpha value is -2.82. The molecule has 0 atom stereocenters. The summed E-state index contributed by atoms with van der Waals surface area (Å²) in [4.78, 5) is 26.4. The third-order valence-electron chi connectivity index (χ3n) is 5.60. The number of piperidine rings is 1. The molecule has 0 radical (unpaired) electrons. The number of amides is 2. The molecule has 1 saturated carbocycles. The standard InChI is InChI=1S/C22H24F3N5O2S/c23-22(24,25)16-3-1-2-4-17(16)27-19(31)13-33-20-8-7-18(28-29-20)30-11-9-14(10-12-30)21(32)26-15-5-6-15/h1-4,7-8,14-15H,5-6,9-13H2,(H,26,32)(H,27,31). The van der Waals surface area contributed by atoms with Gasteiger partial charge < -0.3 is 15.5 Å². The van der Waals surface area contributed by atoms with Crippen LogP contribution in [0.15, 0.2) is 41.4 Å². The Kier molecular flexibility index (Phi) is 7.06. The van der Waals surface area contributed by atoms with E-state index in [1.807, 2.05) is 0 Å². The van der Waals surface area contributed by atoms with Gasteiger partial charge in [-0.25, -0.2) is 0 Å². The fourth-order valence-electron chi connectivity index (χ4n) is 3.64. The molecule has 1 saturated heterocycles. The number of anilines is 2. The first kappa shape index (κ1) is 23.3. The van der Waals surface area contributed by atoms with Crippen molar-refractivity contribution >= 4 is 35.1 Å². The number of benzene rings is 1. The number of carbonyl (C=O) groups excluding carboxylic acids is 2. The Morgan fingerprint density at radius 2 is 1.76 bits per heavy atom. The summed E-state index contributed by atoms with van der Waals surface area (Å²) in [5.74, 6) is 0.219. The molecule has 33 heavy (non-hydrogen) atoms. The van der Waals surface area contributed by atoms with Crippen LogP contribution in [0.2, 0.25) is 0 Å². The third kappa shape index (κ3) is 6.37. The van der Waals surface area contributed by atoms with Gasteiger partial charge in [-0.05, 0) is 49.9 Å². The first-order valence-electron chi connectivity index (χ1n) is 10.8. The number of halogens is 3. The van der Waals surface area contributed by atoms with E-state index in [1.54, 1.807) is 12.1 Å². The van der Waals surface area contributed by atoms with E-state index in [2.05, 4.69) is 25.7 Å². The Morgan fingerprint density at radius 1 is 1.03 bits per heavy atom. The first-order valence-corrected chi connectivity index (χ1v) is 11.8. The minimum Gasteiger partial charge on any atom is -0.355 e. The lowest BCUT2D eigenvalue weighted by molar-refractivity contribution is -0.137. The molecule has 0 spiro atoms. The normalized spacial score (nSPS) is 17.0. The number of hydrogen-bond donors (Lipinski definition) is 2. The molecule has 1 aliphatic carbocycles. The van der Waals surface area contributed by atoms with Gasteiger partial charge in [-0.1, -0.05) is 23.9 Å². The molecule has 1 aliphatic heterocycles. The van der Waals surface area contributed by atoms with Crippen molar-refractivity contribution in [3.8, 4) is 0 Å². The molecule has 11 heteroatoms. The minimum absolute atomic E-state index is 0.0330. The van der Waals surface area contributed by atoms with E-state index in [0.29, 0.717) is 30.0 Å². The number of thioether (sulfide) groups is 1. The summed E-state index contributed by atoms with van der Waals surface area (Å²) in [7, 11) is 0. The van der Waals surface area contributed by atoms with Crippen LogP contribution in [0.5, 0.6) is 0 Å². The Bertz CT molecular complexity index is 990. The summed E-state index contributed by atoms with van der Waals surface area (Å²) < 4.78 is 39.2. The van der Waals surface area contributed by atoms with Crippen molar-refractivity contribution in [2.45, 2.75) is 42.9 Å². The average Bonchev–Trinajstić information content (AvgIpc) is 3.62. The Labute approximate surface area is 193 Å². The first-order chi connectivity index (χ1) is 15.8. The number of nitrogens with one attached hydrogen (secondary N) is 2. The zero-order chi connectivity index (χ0) is 23.4. The number of nitrogens with zero attached hydrogens (tertiary/aromatic N) is 3. The van der Waals surface area contributed by atoms with Crippen LogP contribution in [0.1, 0.15) is 31.2 Å². The second-order valence-electron chi connectivity index (χ2n) is 8.15. The molecule has 0 bridgehead atoms. The molecule has 2 aromatic rings. The fraction of sp³-hybridized carbons (Fsp3) is 0.455. The van der Waals surface area contributed by atoms with Gasteiger partial charge in [0.15, 0.2) is 5.82 Å². The molecule has 7 nitrogen and oxygen atoms in total. The van der Waals surface area contributed by atoms with E-state index < -0.39 is 17.6 Å². The van der Waals surface area contributed by atoms with Gasteiger partial charge in [-0.3, -0.25) is 9.59 Å². The lowest BCUT2D eigenvalue weighted by Crippen LogP contribution is -2.41. The molecule has 2 fully saturated rings. The number of alkyl halides is 3. The average molecular weight is 480 g/mol. The van der Waals surface area contributed by atoms with E-state index >= 15 is 0 Å². The van der Waals surface area contributed by atoms with Crippen LogP contribution in [0.3, 0.4) is 0 Å². The summed E-state index contributed by atoms with van der Waals surface area (Å²) in [6, 6.07) is 8.76. The van der Waals surface area contributed by atoms with Gasteiger partial charge >= 0.3 is 6.18 Å². The van der Waals surface area contributed by atoms with Crippen molar-refractivity contribution in [1.82, 2.24) is 15.5 Å². The third-order valence-corrected chi connectivity index (χ3v) is 6.52. The zero-order valence-electron chi connectivity index (χ0n) is 17.8. The lowest BCUT2D eigenvalue weighted by Gasteiger charge is -2.31. The molecule has 2 amide bonds. The van der Waals surface area contributed by atoms with Gasteiger partial charge in [-0.15, -0.1) is 10.2 Å². The maximum Gasteiger partial charge on any atom is 0.418 e. The van der Waals surface area contributed by atoms with Crippen LogP contribution in [0.4, 0.5) is 24.7 Å². The summed E-state index contributed by atoms with van der Waals surface area (Å²) in [6.07, 6.45) is -0.874. The second-order valence-corrected chi connectivity index (χ2v) is 9.15. The van der Waals surface area contributed by atoms with Gasteiger partial charge in [0.1, 0.15) is 5.03 Å². The maximum absolute atomic E-state index is 13.1. The van der Waals surface area contributed by atoms with E-state index in [9.17, 15) is 22.8 Å². The molecular weight excluding hydrogens is 455 g/mol. The van der Waals surface area contributed by atoms with Crippen LogP contribution >= 0.6 is 11.8 Å². The number of aromatic nitrogens is 2. The van der Waals surface area contributed by atoms with Crippen molar-refractivity contribution in [1.29, 1.82) is 0 Å². The molecule has 176 valence electrons. The summed E-state index contributed by atoms with van der Waals surface area (Å²) in [6.45, 7) is 1.43. The number of para-hydroxylation sites is 1. The van der Waals surface area contributed by atoms with E-state index in [1.165, 1.54) is 18.2 Å². The highest BCUT2D eigenvalue weighted by atomic mass is 32.2. The topological polar surface area (TPSA) is 87.2 Å². The van der Waals surface area contributed by atoms with E-state index in [4.69, 9.17) is 0 Å². The molecule has 1 aromatic heterocycles. The van der Waals surface area contributed by atoms with Crippen molar-refractivity contribution in [2.24, 2.45) is 5.92 Å². The summed E-state index contributed by atoms with van der Waals surface area (Å²) >= 11 is 1.09. The van der Waals surface area contributed by atoms with Crippen molar-refractivity contribution in [3.63, 3.8) is 0 Å². The SMILES string of the molecule is O=C(CSc1ccc(N2CCC(C(=O)NC3CC3)CC2)nn1)Nc1ccccc1C(F)(F)F. The molecular formula is C22H24F3N5O2S. The highest BCUT2D eigenvalue weighted by Crippen LogP contribution is 2.34. The number of rotatable bonds is 7. The Balaban J connectivity index is 1.25. The second kappa shape index (κ2) is 9.98. The summed E-state index contributed by atoms with van der Waals surface area (Å²) in [5, 5.41) is 14.2. The zero-order valence-corrected chi connectivity index (χ0v) is 18.6. The minimum atomic E-state index is -4.55. The lowest BCUT2D eigenvalue weighted by atomic mass is 9.96. The molecule has 2 aliphatic rings. The van der Waals surface area contributed by atoms with Gasteiger partial charge in [0.05, 0.1) is 17.0 Å². The van der Waals surface area contributed by atoms with Crippen LogP contribution in [0.25, 0.3) is 0 Å². The highest BCUT2D eigenvalue weighted by molar-refractivity contribution is 7.99. The van der Waals surface area contributed by atoms with Crippen LogP contribution in [0, 0.1) is 5.92 Å². The van der Waals surface area contributed by atoms with Crippen LogP contribution < -0.4 is 15.5 Å². The smallest absolute Gasteiger partial charge is 0.355 e. The van der Waals surface area contributed by atoms with Gasteiger partial charge in [0.2, 0.25) is 11.8 Å². The van der Waals surface area contributed by atoms with Gasteiger partial charge in [0.25, 0.3) is 0 Å². The van der Waals surface area contributed by atoms with E-state index in [-0.39, 0.29) is 23.3 Å². The highest BCUT2D eigenvalue weighted by Gasteiger charge is 2.33. The van der Waals surface area contributed by atoms with Gasteiger partial charge in [0, 0.05) is 25.0 Å². The van der Waals surface area contributed by atoms with Crippen molar-refractivity contribution in [3.05, 3.63) is 42.0 Å². The largest absolute Gasteiger partial charge is 0.418 e. The van der Waals surface area contributed by atoms with Crippen molar-refractivity contribution < 1.29 is 22.8 Å². The monoisotopic (exact) mass is 479 g/mol. The van der Waals surface area contributed by atoms with E-state index in [0.717, 1.165) is 43.5 Å². The quantitative estimate of drug-likeness (QED) is 0.589. The van der Waals surface area contributed by atoms with Crippen LogP contribution in [-0.4, -0.2) is 46.9 Å². The molecule has 4 rings (SSSR count). The fourth-order valence-corrected chi connectivity index (χ4v) is 4.26. The molecule has 1 aromatic carbocycles. The maximum atomic E-state index is 13.1. The predicted molar refractivity (Wildman–Crippen MR) is 119 cm³/mol. The van der Waals surface area contributed by atoms with Crippen molar-refractivity contribution in [2.75, 3.05) is 29.1 Å². The molecule has 0 unspecified atom stereocenters. The predicted octanol–water partition coefficient (Wildman–Crippen LogP) is 3.72. The van der Waals surface area contributed by atoms with Gasteiger partial charge in [-0.2, -0.15) is 13.2 Å². The number of carbonyl (C=O) groups is 2. The molecule has 2 heterocycles. The molecule has 2 N–H and O–H groups in total. The summed E-state index contributed by atoms with van der Waals surface area (Å²) in [5.41, 5.74) is -1.16. The Morgan fingerprint density at radius 3 is 2.39 bits per heavy atom. The number of hydrogen-bond acceptors (Lipinski definition) is 6. The van der Waals surface area contributed by atoms with Crippen LogP contribution in [-0.2, 0) is 15.8 Å².